The molecule has 6 nitrogen and oxygen atoms in total. The van der Waals surface area contributed by atoms with Gasteiger partial charge in [-0.25, -0.2) is 0 Å². The highest BCUT2D eigenvalue weighted by Crippen LogP contribution is 2.30. The minimum absolute atomic E-state index is 0.0347. The quantitative estimate of drug-likeness (QED) is 0.850. The molecule has 2 heterocycles. The second kappa shape index (κ2) is 7.69. The Kier molecular flexibility index (Phi) is 5.36. The third-order valence-electron chi connectivity index (χ3n) is 3.90. The molecule has 1 unspecified atom stereocenters. The van der Waals surface area contributed by atoms with Crippen molar-refractivity contribution in [3.8, 4) is 0 Å². The molecular weight excluding hydrogens is 349 g/mol. The van der Waals surface area contributed by atoms with Gasteiger partial charge in [0.05, 0.1) is 11.7 Å². The lowest BCUT2D eigenvalue weighted by molar-refractivity contribution is -0.137. The number of carbonyl (C=O) groups is 1. The molecule has 1 amide bonds. The Morgan fingerprint density at radius 2 is 1.92 bits per heavy atom. The second-order valence-electron chi connectivity index (χ2n) is 5.85. The Labute approximate surface area is 147 Å². The number of ether oxygens (including phenoxy) is 1. The highest BCUT2D eigenvalue weighted by atomic mass is 19.4. The van der Waals surface area contributed by atoms with Gasteiger partial charge in [-0.1, -0.05) is 0 Å². The Hall–Kier alpha value is -2.68. The van der Waals surface area contributed by atoms with Crippen molar-refractivity contribution in [3.05, 3.63) is 47.7 Å². The molecule has 0 spiro atoms. The SMILES string of the molecule is O=C(NCC1CCCO1)c1ccc(Nc2ccc(C(F)(F)F)cc2)nn1. The van der Waals surface area contributed by atoms with Crippen molar-refractivity contribution in [2.45, 2.75) is 25.1 Å². The number of anilines is 2. The van der Waals surface area contributed by atoms with Crippen molar-refractivity contribution in [1.29, 1.82) is 0 Å². The highest BCUT2D eigenvalue weighted by Gasteiger charge is 2.29. The van der Waals surface area contributed by atoms with Crippen LogP contribution in [0.4, 0.5) is 24.7 Å². The molecule has 1 aliphatic heterocycles. The van der Waals surface area contributed by atoms with Crippen molar-refractivity contribution in [2.75, 3.05) is 18.5 Å². The molecule has 3 rings (SSSR count). The minimum Gasteiger partial charge on any atom is -0.376 e. The van der Waals surface area contributed by atoms with Crippen LogP contribution in [0.3, 0.4) is 0 Å². The van der Waals surface area contributed by atoms with Crippen LogP contribution in [0.15, 0.2) is 36.4 Å². The van der Waals surface area contributed by atoms with Gasteiger partial charge < -0.3 is 15.4 Å². The second-order valence-corrected chi connectivity index (χ2v) is 5.85. The number of amides is 1. The van der Waals surface area contributed by atoms with Gasteiger partial charge in [0, 0.05) is 18.8 Å². The number of rotatable bonds is 5. The summed E-state index contributed by atoms with van der Waals surface area (Å²) in [4.78, 5) is 12.0. The molecule has 1 saturated heterocycles. The third-order valence-corrected chi connectivity index (χ3v) is 3.90. The van der Waals surface area contributed by atoms with Gasteiger partial charge in [-0.05, 0) is 49.2 Å². The lowest BCUT2D eigenvalue weighted by Gasteiger charge is -2.11. The Bertz CT molecular complexity index is 742. The molecule has 2 aromatic rings. The summed E-state index contributed by atoms with van der Waals surface area (Å²) in [7, 11) is 0. The van der Waals surface area contributed by atoms with Gasteiger partial charge in [0.15, 0.2) is 11.5 Å². The van der Waals surface area contributed by atoms with Crippen LogP contribution in [0.5, 0.6) is 0 Å². The molecule has 26 heavy (non-hydrogen) atoms. The van der Waals surface area contributed by atoms with Crippen molar-refractivity contribution in [2.24, 2.45) is 0 Å². The smallest absolute Gasteiger partial charge is 0.376 e. The molecule has 0 bridgehead atoms. The third kappa shape index (κ3) is 4.69. The van der Waals surface area contributed by atoms with E-state index in [1.54, 1.807) is 0 Å². The van der Waals surface area contributed by atoms with E-state index in [0.717, 1.165) is 25.0 Å². The van der Waals surface area contributed by atoms with E-state index in [4.69, 9.17) is 4.74 Å². The molecular formula is C17H17F3N4O2. The maximum absolute atomic E-state index is 12.5. The van der Waals surface area contributed by atoms with Crippen molar-refractivity contribution >= 4 is 17.4 Å². The largest absolute Gasteiger partial charge is 0.416 e. The number of halogens is 3. The van der Waals surface area contributed by atoms with Crippen LogP contribution in [0.2, 0.25) is 0 Å². The number of hydrogen-bond donors (Lipinski definition) is 2. The van der Waals surface area contributed by atoms with E-state index < -0.39 is 11.7 Å². The first-order valence-electron chi connectivity index (χ1n) is 8.09. The summed E-state index contributed by atoms with van der Waals surface area (Å²) in [6.45, 7) is 1.14. The summed E-state index contributed by atoms with van der Waals surface area (Å²) in [6.07, 6.45) is -2.43. The molecule has 1 fully saturated rings. The zero-order valence-corrected chi connectivity index (χ0v) is 13.7. The molecule has 0 aliphatic carbocycles. The summed E-state index contributed by atoms with van der Waals surface area (Å²) in [6, 6.07) is 7.57. The summed E-state index contributed by atoms with van der Waals surface area (Å²) < 4.78 is 43.0. The molecule has 1 aromatic carbocycles. The van der Waals surface area contributed by atoms with Gasteiger partial charge >= 0.3 is 6.18 Å². The van der Waals surface area contributed by atoms with Gasteiger partial charge in [-0.3, -0.25) is 4.79 Å². The highest BCUT2D eigenvalue weighted by molar-refractivity contribution is 5.92. The Balaban J connectivity index is 1.56. The van der Waals surface area contributed by atoms with Crippen molar-refractivity contribution < 1.29 is 22.7 Å². The normalized spacial score (nSPS) is 17.1. The zero-order chi connectivity index (χ0) is 18.6. The summed E-state index contributed by atoms with van der Waals surface area (Å²) in [5.41, 5.74) is -0.142. The van der Waals surface area contributed by atoms with Crippen LogP contribution in [-0.2, 0) is 10.9 Å². The van der Waals surface area contributed by atoms with E-state index >= 15 is 0 Å². The number of benzene rings is 1. The van der Waals surface area contributed by atoms with E-state index in [9.17, 15) is 18.0 Å². The standard InChI is InChI=1S/C17H17F3N4O2/c18-17(19,20)11-3-5-12(6-4-11)22-15-8-7-14(23-24-15)16(25)21-10-13-2-1-9-26-13/h3-8,13H,1-2,9-10H2,(H,21,25)(H,22,24). The van der Waals surface area contributed by atoms with Crippen LogP contribution in [0.1, 0.15) is 28.9 Å². The number of alkyl halides is 3. The first kappa shape index (κ1) is 18.1. The number of carbonyl (C=O) groups excluding carboxylic acids is 1. The number of hydrogen-bond acceptors (Lipinski definition) is 5. The molecule has 2 N–H and O–H groups in total. The predicted molar refractivity (Wildman–Crippen MR) is 88.1 cm³/mol. The minimum atomic E-state index is -4.38. The monoisotopic (exact) mass is 366 g/mol. The van der Waals surface area contributed by atoms with E-state index in [-0.39, 0.29) is 17.7 Å². The summed E-state index contributed by atoms with van der Waals surface area (Å²) in [5, 5.41) is 13.3. The van der Waals surface area contributed by atoms with Gasteiger partial charge in [0.1, 0.15) is 0 Å². The van der Waals surface area contributed by atoms with E-state index in [2.05, 4.69) is 20.8 Å². The molecule has 9 heteroatoms. The average molecular weight is 366 g/mol. The number of nitrogens with zero attached hydrogens (tertiary/aromatic N) is 2. The fourth-order valence-electron chi connectivity index (χ4n) is 2.51. The Morgan fingerprint density at radius 1 is 1.15 bits per heavy atom. The number of nitrogens with one attached hydrogen (secondary N) is 2. The fourth-order valence-corrected chi connectivity index (χ4v) is 2.51. The molecule has 0 saturated carbocycles. The predicted octanol–water partition coefficient (Wildman–Crippen LogP) is 3.15. The van der Waals surface area contributed by atoms with Crippen LogP contribution in [0, 0.1) is 0 Å². The van der Waals surface area contributed by atoms with E-state index in [1.165, 1.54) is 24.3 Å². The zero-order valence-electron chi connectivity index (χ0n) is 13.7. The molecule has 1 atom stereocenters. The van der Waals surface area contributed by atoms with Gasteiger partial charge in [-0.2, -0.15) is 13.2 Å². The van der Waals surface area contributed by atoms with Crippen LogP contribution < -0.4 is 10.6 Å². The van der Waals surface area contributed by atoms with Crippen molar-refractivity contribution in [1.82, 2.24) is 15.5 Å². The fraction of sp³-hybridized carbons (Fsp3) is 0.353. The first-order valence-corrected chi connectivity index (χ1v) is 8.09. The molecule has 138 valence electrons. The van der Waals surface area contributed by atoms with Gasteiger partial charge in [0.2, 0.25) is 0 Å². The maximum atomic E-state index is 12.5. The summed E-state index contributed by atoms with van der Waals surface area (Å²) >= 11 is 0. The summed E-state index contributed by atoms with van der Waals surface area (Å²) in [5.74, 6) is -0.0329. The molecule has 1 aromatic heterocycles. The van der Waals surface area contributed by atoms with Crippen LogP contribution >= 0.6 is 0 Å². The lowest BCUT2D eigenvalue weighted by atomic mass is 10.2. The van der Waals surface area contributed by atoms with Crippen molar-refractivity contribution in [3.63, 3.8) is 0 Å². The van der Waals surface area contributed by atoms with E-state index in [1.807, 2.05) is 0 Å². The average Bonchev–Trinajstić information content (AvgIpc) is 3.13. The van der Waals surface area contributed by atoms with E-state index in [0.29, 0.717) is 24.7 Å². The molecule has 1 aliphatic rings. The van der Waals surface area contributed by atoms with Gasteiger partial charge in [-0.15, -0.1) is 10.2 Å². The van der Waals surface area contributed by atoms with Crippen LogP contribution in [-0.4, -0.2) is 35.4 Å². The Morgan fingerprint density at radius 3 is 2.50 bits per heavy atom. The van der Waals surface area contributed by atoms with Gasteiger partial charge in [0.25, 0.3) is 5.91 Å². The first-order chi connectivity index (χ1) is 12.4. The lowest BCUT2D eigenvalue weighted by Crippen LogP contribution is -2.32. The maximum Gasteiger partial charge on any atom is 0.416 e. The topological polar surface area (TPSA) is 76.1 Å². The van der Waals surface area contributed by atoms with Crippen LogP contribution in [0.25, 0.3) is 0 Å². The molecule has 0 radical (unpaired) electrons. The number of aromatic nitrogens is 2.